The molecular weight excluding hydrogens is 291 g/mol. The molecule has 0 aliphatic carbocycles. The summed E-state index contributed by atoms with van der Waals surface area (Å²) < 4.78 is 44.6. The number of hydrogen-bond donors (Lipinski definition) is 1. The van der Waals surface area contributed by atoms with Gasteiger partial charge < -0.3 is 14.8 Å². The van der Waals surface area contributed by atoms with E-state index in [9.17, 15) is 22.8 Å². The van der Waals surface area contributed by atoms with E-state index in [1.807, 2.05) is 0 Å². The molecule has 0 spiro atoms. The molecule has 1 aliphatic heterocycles. The first kappa shape index (κ1) is 15.1. The Balaban J connectivity index is 1.86. The monoisotopic (exact) mass is 303 g/mol. The van der Waals surface area contributed by atoms with Gasteiger partial charge in [-0.15, -0.1) is 13.2 Å². The highest BCUT2D eigenvalue weighted by Gasteiger charge is 2.31. The zero-order valence-corrected chi connectivity index (χ0v) is 10.8. The van der Waals surface area contributed by atoms with Crippen LogP contribution in [0.3, 0.4) is 0 Å². The Bertz CT molecular complexity index is 527. The fraction of sp³-hybridized carbons (Fsp3) is 0.385. The molecule has 5 nitrogen and oxygen atoms in total. The minimum atomic E-state index is -4.78. The summed E-state index contributed by atoms with van der Waals surface area (Å²) >= 11 is 0. The van der Waals surface area contributed by atoms with Gasteiger partial charge in [0, 0.05) is 6.42 Å². The van der Waals surface area contributed by atoms with Gasteiger partial charge in [0.2, 0.25) is 5.91 Å². The molecule has 1 fully saturated rings. The molecule has 1 unspecified atom stereocenters. The van der Waals surface area contributed by atoms with Crippen molar-refractivity contribution in [2.75, 3.05) is 6.61 Å². The van der Waals surface area contributed by atoms with E-state index in [1.54, 1.807) is 0 Å². The minimum absolute atomic E-state index is 0.0331. The highest BCUT2D eigenvalue weighted by atomic mass is 19.4. The minimum Gasteiger partial charge on any atom is -0.460 e. The lowest BCUT2D eigenvalue weighted by molar-refractivity contribution is -0.274. The molecule has 1 aromatic rings. The number of alkyl halides is 3. The molecular formula is C13H12F3NO4. The first-order valence-corrected chi connectivity index (χ1v) is 6.16. The van der Waals surface area contributed by atoms with E-state index < -0.39 is 18.1 Å². The number of rotatable bonds is 4. The van der Waals surface area contributed by atoms with Crippen LogP contribution in [0.4, 0.5) is 13.2 Å². The number of carbonyl (C=O) groups is 2. The van der Waals surface area contributed by atoms with E-state index in [2.05, 4.69) is 10.1 Å². The molecule has 0 aromatic heterocycles. The van der Waals surface area contributed by atoms with E-state index in [1.165, 1.54) is 12.1 Å². The zero-order chi connectivity index (χ0) is 15.5. The lowest BCUT2D eigenvalue weighted by Gasteiger charge is -2.11. The van der Waals surface area contributed by atoms with Crippen molar-refractivity contribution in [3.8, 4) is 5.75 Å². The lowest BCUT2D eigenvalue weighted by atomic mass is 10.2. The maximum atomic E-state index is 12.0. The molecule has 21 heavy (non-hydrogen) atoms. The summed E-state index contributed by atoms with van der Waals surface area (Å²) in [6, 6.07) is 4.20. The normalized spacial score (nSPS) is 18.2. The second-order valence-electron chi connectivity index (χ2n) is 4.47. The van der Waals surface area contributed by atoms with Crippen LogP contribution < -0.4 is 10.1 Å². The second kappa shape index (κ2) is 6.02. The third-order valence-corrected chi connectivity index (χ3v) is 2.82. The van der Waals surface area contributed by atoms with E-state index >= 15 is 0 Å². The highest BCUT2D eigenvalue weighted by molar-refractivity contribution is 5.89. The van der Waals surface area contributed by atoms with Crippen LogP contribution in [-0.4, -0.2) is 30.9 Å². The number of hydrogen-bond acceptors (Lipinski definition) is 4. The van der Waals surface area contributed by atoms with Crippen molar-refractivity contribution in [1.82, 2.24) is 5.32 Å². The molecule has 114 valence electrons. The average Bonchev–Trinajstić information content (AvgIpc) is 2.81. The average molecular weight is 303 g/mol. The van der Waals surface area contributed by atoms with Crippen molar-refractivity contribution < 1.29 is 32.2 Å². The van der Waals surface area contributed by atoms with Crippen molar-refractivity contribution in [2.24, 2.45) is 0 Å². The summed E-state index contributed by atoms with van der Waals surface area (Å²) in [6.45, 7) is 0.0331. The van der Waals surface area contributed by atoms with Crippen LogP contribution in [0.5, 0.6) is 5.75 Å². The van der Waals surface area contributed by atoms with E-state index in [-0.39, 0.29) is 24.1 Å². The van der Waals surface area contributed by atoms with Gasteiger partial charge in [0.25, 0.3) is 0 Å². The van der Waals surface area contributed by atoms with Crippen LogP contribution in [-0.2, 0) is 9.53 Å². The lowest BCUT2D eigenvalue weighted by Crippen LogP contribution is -2.30. The summed E-state index contributed by atoms with van der Waals surface area (Å²) in [6.07, 6.45) is -3.79. The third kappa shape index (κ3) is 4.66. The topological polar surface area (TPSA) is 64.6 Å². The number of esters is 1. The Morgan fingerprint density at radius 3 is 2.48 bits per heavy atom. The number of amides is 1. The van der Waals surface area contributed by atoms with Gasteiger partial charge in [-0.25, -0.2) is 4.79 Å². The first-order valence-electron chi connectivity index (χ1n) is 6.16. The van der Waals surface area contributed by atoms with E-state index in [0.29, 0.717) is 12.8 Å². The fourth-order valence-corrected chi connectivity index (χ4v) is 1.85. The second-order valence-corrected chi connectivity index (χ2v) is 4.47. The van der Waals surface area contributed by atoms with Gasteiger partial charge in [-0.2, -0.15) is 0 Å². The molecule has 1 saturated heterocycles. The van der Waals surface area contributed by atoms with Gasteiger partial charge in [-0.3, -0.25) is 4.79 Å². The standard InChI is InChI=1S/C13H12F3NO4/c14-13(15,16)21-10-4-1-8(2-5-10)12(19)20-7-9-3-6-11(18)17-9/h1-2,4-5,9H,3,6-7H2,(H,17,18). The summed E-state index contributed by atoms with van der Waals surface area (Å²) in [5.74, 6) is -1.18. The molecule has 1 aliphatic rings. The number of carbonyl (C=O) groups excluding carboxylic acids is 2. The number of halogens is 3. The molecule has 0 radical (unpaired) electrons. The Morgan fingerprint density at radius 2 is 1.95 bits per heavy atom. The van der Waals surface area contributed by atoms with Gasteiger partial charge >= 0.3 is 12.3 Å². The molecule has 1 atom stereocenters. The Kier molecular flexibility index (Phi) is 4.35. The van der Waals surface area contributed by atoms with Crippen LogP contribution in [0.25, 0.3) is 0 Å². The van der Waals surface area contributed by atoms with Gasteiger partial charge in [0.1, 0.15) is 12.4 Å². The predicted octanol–water partition coefficient (Wildman–Crippen LogP) is 2.02. The van der Waals surface area contributed by atoms with E-state index in [0.717, 1.165) is 12.1 Å². The molecule has 8 heteroatoms. The summed E-state index contributed by atoms with van der Waals surface area (Å²) in [7, 11) is 0. The van der Waals surface area contributed by atoms with Gasteiger partial charge in [0.05, 0.1) is 11.6 Å². The number of benzene rings is 1. The molecule has 1 aromatic carbocycles. The summed E-state index contributed by atoms with van der Waals surface area (Å²) in [4.78, 5) is 22.6. The fourth-order valence-electron chi connectivity index (χ4n) is 1.85. The van der Waals surface area contributed by atoms with Gasteiger partial charge in [0.15, 0.2) is 0 Å². The van der Waals surface area contributed by atoms with Crippen molar-refractivity contribution in [3.05, 3.63) is 29.8 Å². The Labute approximate surface area is 118 Å². The molecule has 1 amide bonds. The summed E-state index contributed by atoms with van der Waals surface area (Å²) in [5.41, 5.74) is 0.105. The predicted molar refractivity (Wildman–Crippen MR) is 64.6 cm³/mol. The molecule has 1 heterocycles. The maximum Gasteiger partial charge on any atom is 0.573 e. The molecule has 2 rings (SSSR count). The van der Waals surface area contributed by atoms with Crippen molar-refractivity contribution in [2.45, 2.75) is 25.2 Å². The van der Waals surface area contributed by atoms with E-state index in [4.69, 9.17) is 4.74 Å². The van der Waals surface area contributed by atoms with Crippen molar-refractivity contribution in [1.29, 1.82) is 0 Å². The van der Waals surface area contributed by atoms with Crippen LogP contribution in [0, 0.1) is 0 Å². The maximum absolute atomic E-state index is 12.0. The SMILES string of the molecule is O=C1CCC(COC(=O)c2ccc(OC(F)(F)F)cc2)N1. The van der Waals surface area contributed by atoms with Crippen molar-refractivity contribution in [3.63, 3.8) is 0 Å². The van der Waals surface area contributed by atoms with Crippen molar-refractivity contribution >= 4 is 11.9 Å². The van der Waals surface area contributed by atoms with Crippen LogP contribution in [0.2, 0.25) is 0 Å². The largest absolute Gasteiger partial charge is 0.573 e. The summed E-state index contributed by atoms with van der Waals surface area (Å²) in [5, 5.41) is 2.63. The quantitative estimate of drug-likeness (QED) is 0.864. The first-order chi connectivity index (χ1) is 9.83. The smallest absolute Gasteiger partial charge is 0.460 e. The Morgan fingerprint density at radius 1 is 1.29 bits per heavy atom. The van der Waals surface area contributed by atoms with Crippen LogP contribution in [0.1, 0.15) is 23.2 Å². The number of nitrogens with one attached hydrogen (secondary N) is 1. The highest BCUT2D eigenvalue weighted by Crippen LogP contribution is 2.23. The molecule has 1 N–H and O–H groups in total. The zero-order valence-electron chi connectivity index (χ0n) is 10.8. The molecule has 0 bridgehead atoms. The van der Waals surface area contributed by atoms with Gasteiger partial charge in [-0.05, 0) is 30.7 Å². The number of ether oxygens (including phenoxy) is 2. The van der Waals surface area contributed by atoms with Crippen LogP contribution >= 0.6 is 0 Å². The third-order valence-electron chi connectivity index (χ3n) is 2.82. The van der Waals surface area contributed by atoms with Crippen LogP contribution in [0.15, 0.2) is 24.3 Å². The van der Waals surface area contributed by atoms with Gasteiger partial charge in [-0.1, -0.05) is 0 Å². The Hall–Kier alpha value is -2.25. The molecule has 0 saturated carbocycles.